The van der Waals surface area contributed by atoms with Crippen molar-refractivity contribution in [1.29, 1.82) is 0 Å². The van der Waals surface area contributed by atoms with Gasteiger partial charge in [-0.05, 0) is 17.7 Å². The van der Waals surface area contributed by atoms with Crippen LogP contribution in [-0.4, -0.2) is 0 Å². The van der Waals surface area contributed by atoms with Crippen molar-refractivity contribution in [2.75, 3.05) is 0 Å². The quantitative estimate of drug-likeness (QED) is 0.666. The molecule has 0 spiro atoms. The normalized spacial score (nSPS) is 8.60. The van der Waals surface area contributed by atoms with Gasteiger partial charge in [0.15, 0.2) is 0 Å². The van der Waals surface area contributed by atoms with E-state index in [-0.39, 0.29) is 7.43 Å². The maximum absolute atomic E-state index is 5.63. The second-order valence-electron chi connectivity index (χ2n) is 1.83. The molecular weight excluding hydrogens is 146 g/mol. The molecule has 2 N–H and O–H groups in total. The van der Waals surface area contributed by atoms with Crippen LogP contribution in [0.1, 0.15) is 13.0 Å². The zero-order valence-corrected chi connectivity index (χ0v) is 5.73. The molecule has 0 saturated heterocycles. The molecule has 56 valence electrons. The van der Waals surface area contributed by atoms with Gasteiger partial charge in [0, 0.05) is 11.6 Å². The summed E-state index contributed by atoms with van der Waals surface area (Å²) in [5.74, 6) is 0. The lowest BCUT2D eigenvalue weighted by molar-refractivity contribution is 1.07. The van der Waals surface area contributed by atoms with E-state index in [9.17, 15) is 0 Å². The summed E-state index contributed by atoms with van der Waals surface area (Å²) in [5.41, 5.74) is 6.47. The fourth-order valence-corrected chi connectivity index (χ4v) is 0.746. The van der Waals surface area contributed by atoms with E-state index in [1.807, 2.05) is 24.3 Å². The Bertz CT molecular complexity index is 181. The van der Waals surface area contributed by atoms with Gasteiger partial charge in [0.05, 0.1) is 0 Å². The predicted octanol–water partition coefficient (Wildman–Crippen LogP) is 2.43. The molecule has 0 aromatic heterocycles. The Kier molecular flexibility index (Phi) is 4.08. The van der Waals surface area contributed by atoms with Crippen LogP contribution < -0.4 is 5.73 Å². The van der Waals surface area contributed by atoms with Gasteiger partial charge in [0.25, 0.3) is 0 Å². The highest BCUT2D eigenvalue weighted by atomic mass is 35.5. The fraction of sp³-hybridized carbons (Fsp3) is 0.250. The number of halogens is 1. The van der Waals surface area contributed by atoms with E-state index >= 15 is 0 Å². The van der Waals surface area contributed by atoms with E-state index in [0.29, 0.717) is 6.54 Å². The smallest absolute Gasteiger partial charge is 0.0406 e. The molecule has 0 radical (unpaired) electrons. The van der Waals surface area contributed by atoms with E-state index in [0.717, 1.165) is 10.6 Å². The van der Waals surface area contributed by atoms with Crippen molar-refractivity contribution in [3.05, 3.63) is 34.9 Å². The zero-order chi connectivity index (χ0) is 6.69. The minimum Gasteiger partial charge on any atom is -0.326 e. The Morgan fingerprint density at radius 3 is 2.10 bits per heavy atom. The largest absolute Gasteiger partial charge is 0.326 e. The van der Waals surface area contributed by atoms with Crippen LogP contribution >= 0.6 is 11.6 Å². The number of benzene rings is 1. The number of rotatable bonds is 1. The SMILES string of the molecule is C.NCc1ccc(Cl)cc1. The maximum atomic E-state index is 5.63. The van der Waals surface area contributed by atoms with Crippen LogP contribution in [-0.2, 0) is 6.54 Å². The topological polar surface area (TPSA) is 26.0 Å². The molecule has 0 heterocycles. The fourth-order valence-electron chi connectivity index (χ4n) is 0.620. The highest BCUT2D eigenvalue weighted by molar-refractivity contribution is 6.30. The molecular formula is C8H12ClN. The molecule has 10 heavy (non-hydrogen) atoms. The zero-order valence-electron chi connectivity index (χ0n) is 4.97. The molecule has 0 unspecified atom stereocenters. The van der Waals surface area contributed by atoms with Gasteiger partial charge in [-0.25, -0.2) is 0 Å². The monoisotopic (exact) mass is 157 g/mol. The molecule has 0 saturated carbocycles. The van der Waals surface area contributed by atoms with Gasteiger partial charge in [-0.2, -0.15) is 0 Å². The third-order valence-corrected chi connectivity index (χ3v) is 1.40. The van der Waals surface area contributed by atoms with Gasteiger partial charge < -0.3 is 5.73 Å². The molecule has 0 atom stereocenters. The summed E-state index contributed by atoms with van der Waals surface area (Å²) in [6.07, 6.45) is 0. The molecule has 1 nitrogen and oxygen atoms in total. The van der Waals surface area contributed by atoms with Crippen LogP contribution in [0.5, 0.6) is 0 Å². The van der Waals surface area contributed by atoms with Crippen LogP contribution in [0.15, 0.2) is 24.3 Å². The molecule has 2 heteroatoms. The summed E-state index contributed by atoms with van der Waals surface area (Å²) in [6, 6.07) is 7.51. The number of hydrogen-bond donors (Lipinski definition) is 1. The number of nitrogens with two attached hydrogens (primary N) is 1. The molecule has 0 amide bonds. The highest BCUT2D eigenvalue weighted by Gasteiger charge is 1.86. The average Bonchev–Trinajstić information content (AvgIpc) is 1.90. The molecule has 0 fully saturated rings. The predicted molar refractivity (Wildman–Crippen MR) is 46.1 cm³/mol. The van der Waals surface area contributed by atoms with Crippen molar-refractivity contribution in [3.8, 4) is 0 Å². The Balaban J connectivity index is 0.000000810. The molecule has 1 rings (SSSR count). The van der Waals surface area contributed by atoms with E-state index in [4.69, 9.17) is 17.3 Å². The molecule has 0 aliphatic heterocycles. The van der Waals surface area contributed by atoms with E-state index in [2.05, 4.69) is 0 Å². The summed E-state index contributed by atoms with van der Waals surface area (Å²) in [5, 5.41) is 0.757. The van der Waals surface area contributed by atoms with Crippen LogP contribution in [0.25, 0.3) is 0 Å². The lowest BCUT2D eigenvalue weighted by Gasteiger charge is -1.93. The van der Waals surface area contributed by atoms with Crippen molar-refractivity contribution in [2.24, 2.45) is 5.73 Å². The Morgan fingerprint density at radius 2 is 1.70 bits per heavy atom. The van der Waals surface area contributed by atoms with Gasteiger partial charge >= 0.3 is 0 Å². The van der Waals surface area contributed by atoms with Crippen LogP contribution in [0.4, 0.5) is 0 Å². The van der Waals surface area contributed by atoms with Crippen LogP contribution in [0, 0.1) is 0 Å². The molecule has 0 bridgehead atoms. The van der Waals surface area contributed by atoms with Crippen LogP contribution in [0.2, 0.25) is 5.02 Å². The lowest BCUT2D eigenvalue weighted by Crippen LogP contribution is -1.94. The number of hydrogen-bond acceptors (Lipinski definition) is 1. The Labute approximate surface area is 66.8 Å². The summed E-state index contributed by atoms with van der Waals surface area (Å²) >= 11 is 5.63. The van der Waals surface area contributed by atoms with Crippen LogP contribution in [0.3, 0.4) is 0 Å². The second kappa shape index (κ2) is 4.31. The van der Waals surface area contributed by atoms with Gasteiger partial charge in [-0.15, -0.1) is 0 Å². The minimum absolute atomic E-state index is 0. The first-order valence-electron chi connectivity index (χ1n) is 2.77. The Morgan fingerprint density at radius 1 is 1.20 bits per heavy atom. The summed E-state index contributed by atoms with van der Waals surface area (Å²) < 4.78 is 0. The van der Waals surface area contributed by atoms with E-state index in [1.54, 1.807) is 0 Å². The first-order valence-corrected chi connectivity index (χ1v) is 3.15. The highest BCUT2D eigenvalue weighted by Crippen LogP contribution is 2.08. The van der Waals surface area contributed by atoms with Gasteiger partial charge in [0.1, 0.15) is 0 Å². The Hall–Kier alpha value is -0.530. The summed E-state index contributed by atoms with van der Waals surface area (Å²) in [6.45, 7) is 0.581. The molecule has 0 aliphatic carbocycles. The van der Waals surface area contributed by atoms with Gasteiger partial charge in [-0.1, -0.05) is 31.2 Å². The van der Waals surface area contributed by atoms with Crippen molar-refractivity contribution in [1.82, 2.24) is 0 Å². The maximum Gasteiger partial charge on any atom is 0.0406 e. The second-order valence-corrected chi connectivity index (χ2v) is 2.27. The lowest BCUT2D eigenvalue weighted by atomic mass is 10.2. The molecule has 1 aromatic rings. The minimum atomic E-state index is 0. The van der Waals surface area contributed by atoms with Crippen molar-refractivity contribution in [2.45, 2.75) is 14.0 Å². The van der Waals surface area contributed by atoms with E-state index in [1.165, 1.54) is 0 Å². The molecule has 0 aliphatic rings. The van der Waals surface area contributed by atoms with Gasteiger partial charge in [0.2, 0.25) is 0 Å². The van der Waals surface area contributed by atoms with Gasteiger partial charge in [-0.3, -0.25) is 0 Å². The first kappa shape index (κ1) is 9.47. The standard InChI is InChI=1S/C7H8ClN.CH4/c8-7-3-1-6(5-9)2-4-7;/h1-4H,5,9H2;1H4. The average molecular weight is 158 g/mol. The third-order valence-electron chi connectivity index (χ3n) is 1.15. The van der Waals surface area contributed by atoms with Crippen molar-refractivity contribution in [3.63, 3.8) is 0 Å². The third kappa shape index (κ3) is 2.38. The summed E-state index contributed by atoms with van der Waals surface area (Å²) in [7, 11) is 0. The van der Waals surface area contributed by atoms with Crippen molar-refractivity contribution >= 4 is 11.6 Å². The molecule has 1 aromatic carbocycles. The first-order chi connectivity index (χ1) is 4.33. The summed E-state index contributed by atoms with van der Waals surface area (Å²) in [4.78, 5) is 0. The van der Waals surface area contributed by atoms with E-state index < -0.39 is 0 Å². The van der Waals surface area contributed by atoms with Crippen molar-refractivity contribution < 1.29 is 0 Å².